The first kappa shape index (κ1) is 12.0. The van der Waals surface area contributed by atoms with Crippen molar-refractivity contribution >= 4 is 5.91 Å². The van der Waals surface area contributed by atoms with E-state index in [9.17, 15) is 4.79 Å². The average molecular weight is 210 g/mol. The third-order valence-corrected chi connectivity index (χ3v) is 2.38. The molecule has 1 heterocycles. The molecule has 1 aliphatic rings. The van der Waals surface area contributed by atoms with Crippen LogP contribution in [0.3, 0.4) is 0 Å². The molecule has 0 unspecified atom stereocenters. The minimum Gasteiger partial charge on any atom is -0.354 e. The van der Waals surface area contributed by atoms with Crippen LogP contribution in [-0.2, 0) is 4.79 Å². The molecule has 0 aliphatic carbocycles. The lowest BCUT2D eigenvalue weighted by molar-refractivity contribution is -0.122. The van der Waals surface area contributed by atoms with Crippen LogP contribution in [0.4, 0.5) is 0 Å². The van der Waals surface area contributed by atoms with E-state index in [0.29, 0.717) is 25.6 Å². The van der Waals surface area contributed by atoms with Crippen LogP contribution in [0.2, 0.25) is 0 Å². The van der Waals surface area contributed by atoms with Gasteiger partial charge in [0.2, 0.25) is 5.91 Å². The van der Waals surface area contributed by atoms with Gasteiger partial charge in [-0.1, -0.05) is 0 Å². The zero-order chi connectivity index (χ0) is 11.1. The van der Waals surface area contributed by atoms with Crippen molar-refractivity contribution in [3.63, 3.8) is 0 Å². The summed E-state index contributed by atoms with van der Waals surface area (Å²) in [5, 5.41) is 14.4. The van der Waals surface area contributed by atoms with E-state index < -0.39 is 0 Å². The van der Waals surface area contributed by atoms with Gasteiger partial charge in [-0.15, -0.1) is 0 Å². The fourth-order valence-electron chi connectivity index (χ4n) is 1.67. The molecule has 0 aromatic carbocycles. The van der Waals surface area contributed by atoms with Crippen LogP contribution in [0, 0.1) is 11.3 Å². The SMILES string of the molecule is C[C@H]1CN(CC(=O)NCCC#N)CCN1. The summed E-state index contributed by atoms with van der Waals surface area (Å²) >= 11 is 0. The Morgan fingerprint density at radius 2 is 2.53 bits per heavy atom. The molecule has 0 aromatic rings. The van der Waals surface area contributed by atoms with Crippen LogP contribution in [0.1, 0.15) is 13.3 Å². The highest BCUT2D eigenvalue weighted by atomic mass is 16.2. The smallest absolute Gasteiger partial charge is 0.234 e. The number of rotatable bonds is 4. The monoisotopic (exact) mass is 210 g/mol. The van der Waals surface area contributed by atoms with Crippen molar-refractivity contribution in [2.24, 2.45) is 0 Å². The van der Waals surface area contributed by atoms with Crippen LogP contribution >= 0.6 is 0 Å². The fraction of sp³-hybridized carbons (Fsp3) is 0.800. The quantitative estimate of drug-likeness (QED) is 0.603. The van der Waals surface area contributed by atoms with Gasteiger partial charge in [0.1, 0.15) is 0 Å². The summed E-state index contributed by atoms with van der Waals surface area (Å²) in [5.41, 5.74) is 0. The summed E-state index contributed by atoms with van der Waals surface area (Å²) in [5.74, 6) is 0.0133. The van der Waals surface area contributed by atoms with E-state index in [2.05, 4.69) is 22.5 Å². The lowest BCUT2D eigenvalue weighted by Crippen LogP contribution is -2.51. The van der Waals surface area contributed by atoms with Crippen molar-refractivity contribution < 1.29 is 4.79 Å². The Kier molecular flexibility index (Phi) is 5.08. The van der Waals surface area contributed by atoms with Gasteiger partial charge in [0, 0.05) is 32.2 Å². The minimum atomic E-state index is 0.0133. The summed E-state index contributed by atoms with van der Waals surface area (Å²) in [4.78, 5) is 13.5. The largest absolute Gasteiger partial charge is 0.354 e. The number of nitriles is 1. The van der Waals surface area contributed by atoms with Crippen molar-refractivity contribution in [3.05, 3.63) is 0 Å². The Bertz CT molecular complexity index is 248. The topological polar surface area (TPSA) is 68.2 Å². The van der Waals surface area contributed by atoms with Gasteiger partial charge in [-0.05, 0) is 6.92 Å². The summed E-state index contributed by atoms with van der Waals surface area (Å²) in [7, 11) is 0. The van der Waals surface area contributed by atoms with Crippen molar-refractivity contribution in [3.8, 4) is 6.07 Å². The van der Waals surface area contributed by atoms with E-state index in [1.54, 1.807) is 0 Å². The summed E-state index contributed by atoms with van der Waals surface area (Å²) in [6.45, 7) is 5.77. The molecule has 1 saturated heterocycles. The molecule has 0 radical (unpaired) electrons. The van der Waals surface area contributed by atoms with E-state index in [-0.39, 0.29) is 5.91 Å². The second-order valence-electron chi connectivity index (χ2n) is 3.85. The first-order valence-electron chi connectivity index (χ1n) is 5.31. The van der Waals surface area contributed by atoms with E-state index in [4.69, 9.17) is 5.26 Å². The van der Waals surface area contributed by atoms with Gasteiger partial charge >= 0.3 is 0 Å². The third-order valence-electron chi connectivity index (χ3n) is 2.38. The molecule has 1 amide bonds. The Labute approximate surface area is 90.4 Å². The van der Waals surface area contributed by atoms with Gasteiger partial charge in [0.15, 0.2) is 0 Å². The van der Waals surface area contributed by atoms with Gasteiger partial charge in [-0.25, -0.2) is 0 Å². The zero-order valence-electron chi connectivity index (χ0n) is 9.12. The highest BCUT2D eigenvalue weighted by molar-refractivity contribution is 5.78. The van der Waals surface area contributed by atoms with Gasteiger partial charge in [-0.2, -0.15) is 5.26 Å². The molecule has 1 rings (SSSR count). The first-order valence-corrected chi connectivity index (χ1v) is 5.31. The molecule has 5 heteroatoms. The maximum absolute atomic E-state index is 11.4. The summed E-state index contributed by atoms with van der Waals surface area (Å²) < 4.78 is 0. The van der Waals surface area contributed by atoms with Crippen LogP contribution in [-0.4, -0.2) is 49.6 Å². The lowest BCUT2D eigenvalue weighted by atomic mass is 10.2. The zero-order valence-corrected chi connectivity index (χ0v) is 9.12. The predicted octanol–water partition coefficient (Wildman–Crippen LogP) is -0.690. The molecule has 84 valence electrons. The summed E-state index contributed by atoms with van der Waals surface area (Å²) in [6.07, 6.45) is 0.379. The molecule has 0 bridgehead atoms. The lowest BCUT2D eigenvalue weighted by Gasteiger charge is -2.31. The molecule has 1 fully saturated rings. The minimum absolute atomic E-state index is 0.0133. The van der Waals surface area contributed by atoms with E-state index in [0.717, 1.165) is 19.6 Å². The van der Waals surface area contributed by atoms with Crippen LogP contribution in [0.25, 0.3) is 0 Å². The number of nitrogens with zero attached hydrogens (tertiary/aromatic N) is 2. The molecule has 0 spiro atoms. The van der Waals surface area contributed by atoms with Crippen LogP contribution in [0.5, 0.6) is 0 Å². The van der Waals surface area contributed by atoms with E-state index in [1.165, 1.54) is 0 Å². The number of nitrogens with one attached hydrogen (secondary N) is 2. The van der Waals surface area contributed by atoms with Gasteiger partial charge in [0.25, 0.3) is 0 Å². The Morgan fingerprint density at radius 3 is 3.20 bits per heavy atom. The predicted molar refractivity (Wildman–Crippen MR) is 57.1 cm³/mol. The Hall–Kier alpha value is -1.12. The maximum Gasteiger partial charge on any atom is 0.234 e. The molecule has 5 nitrogen and oxygen atoms in total. The molecular formula is C10H18N4O. The molecule has 15 heavy (non-hydrogen) atoms. The number of carbonyl (C=O) groups excluding carboxylic acids is 1. The van der Waals surface area contributed by atoms with Crippen molar-refractivity contribution in [2.75, 3.05) is 32.7 Å². The second-order valence-corrected chi connectivity index (χ2v) is 3.85. The highest BCUT2D eigenvalue weighted by Crippen LogP contribution is 1.97. The molecule has 1 atom stereocenters. The molecular weight excluding hydrogens is 192 g/mol. The van der Waals surface area contributed by atoms with Crippen LogP contribution < -0.4 is 10.6 Å². The number of amides is 1. The first-order chi connectivity index (χ1) is 7.22. The normalized spacial score (nSPS) is 22.0. The van der Waals surface area contributed by atoms with E-state index in [1.807, 2.05) is 6.07 Å². The highest BCUT2D eigenvalue weighted by Gasteiger charge is 2.17. The van der Waals surface area contributed by atoms with Gasteiger partial charge in [-0.3, -0.25) is 9.69 Å². The number of carbonyl (C=O) groups is 1. The maximum atomic E-state index is 11.4. The van der Waals surface area contributed by atoms with Crippen molar-refractivity contribution in [1.29, 1.82) is 5.26 Å². The standard InChI is InChI=1S/C10H18N4O/c1-9-7-14(6-5-12-9)8-10(15)13-4-2-3-11/h9,12H,2,4-8H2,1H3,(H,13,15)/t9-/m0/s1. The third kappa shape index (κ3) is 4.77. The summed E-state index contributed by atoms with van der Waals surface area (Å²) in [6, 6.07) is 2.45. The molecule has 2 N–H and O–H groups in total. The Balaban J connectivity index is 2.16. The van der Waals surface area contributed by atoms with Gasteiger partial charge in [0.05, 0.1) is 19.0 Å². The fourth-order valence-corrected chi connectivity index (χ4v) is 1.67. The molecule has 1 aliphatic heterocycles. The van der Waals surface area contributed by atoms with Crippen molar-refractivity contribution in [1.82, 2.24) is 15.5 Å². The number of hydrogen-bond acceptors (Lipinski definition) is 4. The molecule has 0 saturated carbocycles. The Morgan fingerprint density at radius 1 is 1.73 bits per heavy atom. The number of piperazine rings is 1. The van der Waals surface area contributed by atoms with Crippen LogP contribution in [0.15, 0.2) is 0 Å². The van der Waals surface area contributed by atoms with Crippen molar-refractivity contribution in [2.45, 2.75) is 19.4 Å². The van der Waals surface area contributed by atoms with Gasteiger partial charge < -0.3 is 10.6 Å². The molecule has 0 aromatic heterocycles. The second kappa shape index (κ2) is 6.38. The average Bonchev–Trinajstić information content (AvgIpc) is 2.18. The van der Waals surface area contributed by atoms with E-state index >= 15 is 0 Å². The number of hydrogen-bond donors (Lipinski definition) is 2.